The van der Waals surface area contributed by atoms with Crippen molar-refractivity contribution < 1.29 is 20.1 Å². The first kappa shape index (κ1) is 25.5. The molecule has 0 aromatic carbocycles. The molecule has 5 aliphatic rings. The van der Waals surface area contributed by atoms with E-state index in [2.05, 4.69) is 41.5 Å². The predicted octanol–water partition coefficient (Wildman–Crippen LogP) is 5.71. The highest BCUT2D eigenvalue weighted by Crippen LogP contribution is 2.76. The first-order valence-electron chi connectivity index (χ1n) is 14.3. The summed E-state index contributed by atoms with van der Waals surface area (Å²) < 4.78 is 6.66. The molecule has 1 saturated heterocycles. The standard InChI is InChI=1S/C30H52O4/c1-25(2)20-10-15-28(6)21(27(20,5)13-11-22(25)32)17-19(31)24-18(9-14-29(24,28)7)30(8)16-12-23(34-30)26(3,4)33/h18-24,31-33H,9-17H2,1-8H3/t18?,19-,20?,21?,22-,23?,24?,27+,28-,29-,30-/m1/s1. The van der Waals surface area contributed by atoms with Gasteiger partial charge in [0.2, 0.25) is 0 Å². The average molecular weight is 477 g/mol. The summed E-state index contributed by atoms with van der Waals surface area (Å²) in [7, 11) is 0. The summed E-state index contributed by atoms with van der Waals surface area (Å²) in [5.74, 6) is 1.59. The maximum absolute atomic E-state index is 11.9. The molecule has 4 saturated carbocycles. The lowest BCUT2D eigenvalue weighted by Gasteiger charge is -2.70. The molecule has 5 unspecified atom stereocenters. The molecule has 11 atom stereocenters. The number of ether oxygens (including phenoxy) is 1. The Bertz CT molecular complexity index is 817. The van der Waals surface area contributed by atoms with Crippen LogP contribution in [0.15, 0.2) is 0 Å². The first-order chi connectivity index (χ1) is 15.5. The molecule has 1 heterocycles. The second-order valence-corrected chi connectivity index (χ2v) is 15.4. The molecule has 0 aromatic heterocycles. The summed E-state index contributed by atoms with van der Waals surface area (Å²) in [6, 6.07) is 0. The monoisotopic (exact) mass is 476 g/mol. The molecule has 1 aliphatic heterocycles. The van der Waals surface area contributed by atoms with Crippen LogP contribution in [-0.2, 0) is 4.74 Å². The number of fused-ring (bicyclic) bond motifs is 5. The van der Waals surface area contributed by atoms with E-state index in [4.69, 9.17) is 4.74 Å². The number of aliphatic hydroxyl groups is 3. The zero-order chi connectivity index (χ0) is 25.1. The van der Waals surface area contributed by atoms with Crippen LogP contribution in [0.4, 0.5) is 0 Å². The van der Waals surface area contributed by atoms with Gasteiger partial charge in [-0.1, -0.05) is 34.6 Å². The van der Waals surface area contributed by atoms with Gasteiger partial charge in [-0.05, 0) is 124 Å². The molecule has 0 aromatic rings. The number of hydrogen-bond donors (Lipinski definition) is 3. The predicted molar refractivity (Wildman–Crippen MR) is 135 cm³/mol. The molecular weight excluding hydrogens is 424 g/mol. The van der Waals surface area contributed by atoms with E-state index in [0.29, 0.717) is 17.8 Å². The number of aliphatic hydroxyl groups excluding tert-OH is 2. The van der Waals surface area contributed by atoms with Gasteiger partial charge in [-0.25, -0.2) is 0 Å². The van der Waals surface area contributed by atoms with Gasteiger partial charge in [0, 0.05) is 0 Å². The number of hydrogen-bond acceptors (Lipinski definition) is 4. The second-order valence-electron chi connectivity index (χ2n) is 15.4. The fourth-order valence-electron chi connectivity index (χ4n) is 11.1. The van der Waals surface area contributed by atoms with E-state index in [9.17, 15) is 15.3 Å². The largest absolute Gasteiger partial charge is 0.393 e. The Morgan fingerprint density at radius 2 is 1.41 bits per heavy atom. The molecule has 3 N–H and O–H groups in total. The Kier molecular flexibility index (Phi) is 5.59. The van der Waals surface area contributed by atoms with Crippen LogP contribution in [0, 0.1) is 45.3 Å². The van der Waals surface area contributed by atoms with Crippen LogP contribution in [0.3, 0.4) is 0 Å². The molecule has 0 spiro atoms. The van der Waals surface area contributed by atoms with Crippen molar-refractivity contribution in [1.29, 1.82) is 0 Å². The third-order valence-electron chi connectivity index (χ3n) is 13.3. The zero-order valence-corrected chi connectivity index (χ0v) is 23.2. The highest BCUT2D eigenvalue weighted by Gasteiger charge is 2.71. The summed E-state index contributed by atoms with van der Waals surface area (Å²) in [5.41, 5.74) is -0.703. The fourth-order valence-corrected chi connectivity index (χ4v) is 11.1. The molecule has 4 heteroatoms. The van der Waals surface area contributed by atoms with Crippen molar-refractivity contribution >= 4 is 0 Å². The second kappa shape index (κ2) is 7.45. The SMILES string of the molecule is CC(C)(O)C1CC[C@](C)(C2CC[C@]3(C)C2[C@H](O)CC2[C@@]4(C)CC[C@@H](O)C(C)(C)C4CC[C@]23C)O1. The Morgan fingerprint density at radius 1 is 0.765 bits per heavy atom. The lowest BCUT2D eigenvalue weighted by Crippen LogP contribution is -2.66. The van der Waals surface area contributed by atoms with Gasteiger partial charge >= 0.3 is 0 Å². The van der Waals surface area contributed by atoms with Gasteiger partial charge in [0.05, 0.1) is 29.5 Å². The molecule has 0 amide bonds. The van der Waals surface area contributed by atoms with Gasteiger partial charge in [-0.3, -0.25) is 0 Å². The Labute approximate surface area is 208 Å². The zero-order valence-electron chi connectivity index (χ0n) is 23.2. The van der Waals surface area contributed by atoms with Crippen molar-refractivity contribution in [2.24, 2.45) is 45.3 Å². The molecular formula is C30H52O4. The summed E-state index contributed by atoms with van der Waals surface area (Å²) in [6.45, 7) is 18.1. The van der Waals surface area contributed by atoms with E-state index < -0.39 is 5.60 Å². The Morgan fingerprint density at radius 3 is 2.03 bits per heavy atom. The van der Waals surface area contributed by atoms with Gasteiger partial charge in [0.25, 0.3) is 0 Å². The van der Waals surface area contributed by atoms with Crippen LogP contribution in [0.5, 0.6) is 0 Å². The van der Waals surface area contributed by atoms with Crippen molar-refractivity contribution in [3.8, 4) is 0 Å². The van der Waals surface area contributed by atoms with Crippen molar-refractivity contribution in [2.45, 2.75) is 143 Å². The molecule has 5 fully saturated rings. The summed E-state index contributed by atoms with van der Waals surface area (Å²) in [6.07, 6.45) is 8.72. The first-order valence-corrected chi connectivity index (χ1v) is 14.3. The van der Waals surface area contributed by atoms with Crippen LogP contribution >= 0.6 is 0 Å². The van der Waals surface area contributed by atoms with Crippen LogP contribution in [0.1, 0.15) is 113 Å². The Hall–Kier alpha value is -0.160. The summed E-state index contributed by atoms with van der Waals surface area (Å²) >= 11 is 0. The van der Waals surface area contributed by atoms with Gasteiger partial charge in [0.15, 0.2) is 0 Å². The van der Waals surface area contributed by atoms with E-state index >= 15 is 0 Å². The number of rotatable bonds is 2. The Balaban J connectivity index is 1.48. The van der Waals surface area contributed by atoms with E-state index in [0.717, 1.165) is 44.9 Å². The minimum absolute atomic E-state index is 0.0630. The normalized spacial score (nSPS) is 57.1. The molecule has 4 nitrogen and oxygen atoms in total. The van der Waals surface area contributed by atoms with Crippen molar-refractivity contribution in [3.05, 3.63) is 0 Å². The third kappa shape index (κ3) is 3.16. The third-order valence-corrected chi connectivity index (χ3v) is 13.3. The van der Waals surface area contributed by atoms with Gasteiger partial charge in [0.1, 0.15) is 0 Å². The van der Waals surface area contributed by atoms with E-state index in [1.54, 1.807) is 0 Å². The molecule has 196 valence electrons. The van der Waals surface area contributed by atoms with Crippen LogP contribution in [0.2, 0.25) is 0 Å². The fraction of sp³-hybridized carbons (Fsp3) is 1.00. The molecule has 4 aliphatic carbocycles. The molecule has 5 rings (SSSR count). The minimum Gasteiger partial charge on any atom is -0.393 e. The molecule has 0 radical (unpaired) electrons. The minimum atomic E-state index is -0.826. The van der Waals surface area contributed by atoms with E-state index in [1.165, 1.54) is 12.8 Å². The lowest BCUT2D eigenvalue weighted by atomic mass is 9.35. The van der Waals surface area contributed by atoms with Crippen molar-refractivity contribution in [2.75, 3.05) is 0 Å². The highest BCUT2D eigenvalue weighted by molar-refractivity contribution is 5.20. The quantitative estimate of drug-likeness (QED) is 0.477. The van der Waals surface area contributed by atoms with Crippen molar-refractivity contribution in [1.82, 2.24) is 0 Å². The van der Waals surface area contributed by atoms with Crippen LogP contribution < -0.4 is 0 Å². The molecule has 34 heavy (non-hydrogen) atoms. The van der Waals surface area contributed by atoms with E-state index in [1.807, 2.05) is 13.8 Å². The smallest absolute Gasteiger partial charge is 0.0865 e. The lowest BCUT2D eigenvalue weighted by molar-refractivity contribution is -0.248. The summed E-state index contributed by atoms with van der Waals surface area (Å²) in [5, 5.41) is 33.4. The topological polar surface area (TPSA) is 69.9 Å². The van der Waals surface area contributed by atoms with Gasteiger partial charge < -0.3 is 20.1 Å². The molecule has 0 bridgehead atoms. The van der Waals surface area contributed by atoms with Gasteiger partial charge in [-0.2, -0.15) is 0 Å². The average Bonchev–Trinajstić information content (AvgIpc) is 3.30. The van der Waals surface area contributed by atoms with Crippen molar-refractivity contribution in [3.63, 3.8) is 0 Å². The van der Waals surface area contributed by atoms with Crippen LogP contribution in [0.25, 0.3) is 0 Å². The summed E-state index contributed by atoms with van der Waals surface area (Å²) in [4.78, 5) is 0. The highest BCUT2D eigenvalue weighted by atomic mass is 16.5. The maximum Gasteiger partial charge on any atom is 0.0865 e. The van der Waals surface area contributed by atoms with Crippen LogP contribution in [-0.4, -0.2) is 44.8 Å². The maximum atomic E-state index is 11.9. The van der Waals surface area contributed by atoms with E-state index in [-0.39, 0.29) is 51.5 Å². The van der Waals surface area contributed by atoms with Gasteiger partial charge in [-0.15, -0.1) is 0 Å².